The lowest BCUT2D eigenvalue weighted by Crippen LogP contribution is -2.49. The van der Waals surface area contributed by atoms with Crippen molar-refractivity contribution in [3.8, 4) is 0 Å². The van der Waals surface area contributed by atoms with Gasteiger partial charge in [-0.2, -0.15) is 0 Å². The standard InChI is InChI=1S/C19H26FNO/c1-18-7-5-12(22)9-11(18)3-4-13-14(18)6-8-19(2)15(13)10-16(20)17(19)21/h5,7,9,12-16,21-22H,3-4,6,8,10H2,1-2H3/t12?,13-,14-,15+,16?,18+,19+/m1/s1. The first-order valence-electron chi connectivity index (χ1n) is 8.68. The van der Waals surface area contributed by atoms with Gasteiger partial charge in [0.05, 0.1) is 6.10 Å². The van der Waals surface area contributed by atoms with E-state index >= 15 is 0 Å². The molecule has 0 aromatic rings. The average Bonchev–Trinajstić information content (AvgIpc) is 2.72. The number of nitrogens with one attached hydrogen (secondary N) is 1. The zero-order valence-electron chi connectivity index (χ0n) is 13.5. The monoisotopic (exact) mass is 303 g/mol. The summed E-state index contributed by atoms with van der Waals surface area (Å²) in [6.07, 6.45) is 9.34. The number of fused-ring (bicyclic) bond motifs is 5. The lowest BCUT2D eigenvalue weighted by molar-refractivity contribution is 0.00265. The van der Waals surface area contributed by atoms with Crippen LogP contribution in [-0.4, -0.2) is 23.1 Å². The van der Waals surface area contributed by atoms with Crippen molar-refractivity contribution in [2.75, 3.05) is 0 Å². The molecule has 3 fully saturated rings. The van der Waals surface area contributed by atoms with Gasteiger partial charge in [-0.3, -0.25) is 0 Å². The van der Waals surface area contributed by atoms with Gasteiger partial charge in [0.15, 0.2) is 0 Å². The fraction of sp³-hybridized carbons (Fsp3) is 0.737. The Morgan fingerprint density at radius 3 is 2.82 bits per heavy atom. The van der Waals surface area contributed by atoms with E-state index in [-0.39, 0.29) is 10.8 Å². The summed E-state index contributed by atoms with van der Waals surface area (Å²) < 4.78 is 14.2. The number of halogens is 1. The van der Waals surface area contributed by atoms with Gasteiger partial charge in [0.25, 0.3) is 0 Å². The lowest BCUT2D eigenvalue weighted by Gasteiger charge is -2.56. The molecule has 0 saturated heterocycles. The highest BCUT2D eigenvalue weighted by Crippen LogP contribution is 2.63. The summed E-state index contributed by atoms with van der Waals surface area (Å²) in [5, 5.41) is 18.1. The summed E-state index contributed by atoms with van der Waals surface area (Å²) in [5.41, 5.74) is 1.55. The maximum absolute atomic E-state index is 14.2. The summed E-state index contributed by atoms with van der Waals surface area (Å²) in [5.74, 6) is 1.38. The minimum absolute atomic E-state index is 0.0278. The second kappa shape index (κ2) is 4.53. The second-order valence-electron chi connectivity index (χ2n) is 8.31. The Labute approximate surface area is 132 Å². The van der Waals surface area contributed by atoms with Crippen molar-refractivity contribution in [2.45, 2.75) is 58.2 Å². The van der Waals surface area contributed by atoms with Crippen molar-refractivity contribution in [1.29, 1.82) is 5.41 Å². The molecule has 3 saturated carbocycles. The van der Waals surface area contributed by atoms with Crippen LogP contribution in [0.5, 0.6) is 0 Å². The van der Waals surface area contributed by atoms with Crippen LogP contribution in [0, 0.1) is 34.0 Å². The van der Waals surface area contributed by atoms with Crippen LogP contribution in [0.2, 0.25) is 0 Å². The van der Waals surface area contributed by atoms with Gasteiger partial charge < -0.3 is 10.5 Å². The molecule has 4 aliphatic carbocycles. The Morgan fingerprint density at radius 2 is 2.05 bits per heavy atom. The molecule has 0 aromatic carbocycles. The summed E-state index contributed by atoms with van der Waals surface area (Å²) in [6, 6.07) is 0. The SMILES string of the molecule is C[C@]12C=CC(O)C=C1CC[C@@H]1[C@H]2CC[C@]2(C)C(=N)C(F)C[C@@H]12. The highest BCUT2D eigenvalue weighted by atomic mass is 19.1. The third-order valence-electron chi connectivity index (χ3n) is 7.44. The molecule has 120 valence electrons. The Balaban J connectivity index is 1.71. The summed E-state index contributed by atoms with van der Waals surface area (Å²) >= 11 is 0. The first-order valence-corrected chi connectivity index (χ1v) is 8.68. The van der Waals surface area contributed by atoms with Gasteiger partial charge in [-0.25, -0.2) is 4.39 Å². The van der Waals surface area contributed by atoms with Gasteiger partial charge in [0, 0.05) is 16.5 Å². The van der Waals surface area contributed by atoms with Crippen LogP contribution < -0.4 is 0 Å². The maximum atomic E-state index is 14.2. The first-order chi connectivity index (χ1) is 10.4. The topological polar surface area (TPSA) is 44.1 Å². The van der Waals surface area contributed by atoms with E-state index in [4.69, 9.17) is 5.41 Å². The fourth-order valence-corrected chi connectivity index (χ4v) is 6.11. The predicted molar refractivity (Wildman–Crippen MR) is 85.6 cm³/mol. The third kappa shape index (κ3) is 1.72. The third-order valence-corrected chi connectivity index (χ3v) is 7.44. The molecule has 2 nitrogen and oxygen atoms in total. The molecule has 0 heterocycles. The van der Waals surface area contributed by atoms with Crippen LogP contribution in [0.1, 0.15) is 46.0 Å². The van der Waals surface area contributed by atoms with E-state index in [0.717, 1.165) is 25.7 Å². The molecule has 0 radical (unpaired) electrons. The molecule has 0 amide bonds. The van der Waals surface area contributed by atoms with Crippen LogP contribution >= 0.6 is 0 Å². The molecule has 3 heteroatoms. The summed E-state index contributed by atoms with van der Waals surface area (Å²) in [7, 11) is 0. The second-order valence-corrected chi connectivity index (χ2v) is 8.31. The van der Waals surface area contributed by atoms with E-state index in [1.807, 2.05) is 12.2 Å². The number of hydrogen-bond donors (Lipinski definition) is 2. The number of rotatable bonds is 0. The van der Waals surface area contributed by atoms with Gasteiger partial charge in [0.2, 0.25) is 0 Å². The fourth-order valence-electron chi connectivity index (χ4n) is 6.11. The molecule has 2 N–H and O–H groups in total. The Bertz CT molecular complexity index is 582. The van der Waals surface area contributed by atoms with Gasteiger partial charge in [0.1, 0.15) is 6.17 Å². The number of aliphatic hydroxyl groups excluding tert-OH is 1. The smallest absolute Gasteiger partial charge is 0.138 e. The zero-order chi connectivity index (χ0) is 15.7. The van der Waals surface area contributed by atoms with Gasteiger partial charge in [-0.05, 0) is 49.9 Å². The van der Waals surface area contributed by atoms with Crippen LogP contribution in [-0.2, 0) is 0 Å². The Kier molecular flexibility index (Phi) is 3.01. The van der Waals surface area contributed by atoms with Gasteiger partial charge >= 0.3 is 0 Å². The minimum atomic E-state index is -1.03. The first kappa shape index (κ1) is 14.6. The quantitative estimate of drug-likeness (QED) is 0.651. The van der Waals surface area contributed by atoms with E-state index < -0.39 is 12.3 Å². The lowest BCUT2D eigenvalue weighted by atomic mass is 9.48. The van der Waals surface area contributed by atoms with Crippen LogP contribution in [0.25, 0.3) is 0 Å². The highest BCUT2D eigenvalue weighted by molar-refractivity contribution is 5.93. The predicted octanol–water partition coefficient (Wildman–Crippen LogP) is 4.05. The summed E-state index contributed by atoms with van der Waals surface area (Å²) in [6.45, 7) is 4.43. The van der Waals surface area contributed by atoms with Crippen molar-refractivity contribution in [3.05, 3.63) is 23.8 Å². The largest absolute Gasteiger partial charge is 0.385 e. The molecule has 4 rings (SSSR count). The highest BCUT2D eigenvalue weighted by Gasteiger charge is 2.59. The average molecular weight is 303 g/mol. The normalized spacial score (nSPS) is 53.5. The van der Waals surface area contributed by atoms with Crippen LogP contribution in [0.4, 0.5) is 4.39 Å². The maximum Gasteiger partial charge on any atom is 0.138 e. The van der Waals surface area contributed by atoms with E-state index in [1.54, 1.807) is 0 Å². The van der Waals surface area contributed by atoms with Crippen molar-refractivity contribution >= 4 is 5.71 Å². The number of allylic oxidation sites excluding steroid dienone is 2. The van der Waals surface area contributed by atoms with E-state index in [9.17, 15) is 9.50 Å². The number of alkyl halides is 1. The van der Waals surface area contributed by atoms with Crippen LogP contribution in [0.3, 0.4) is 0 Å². The van der Waals surface area contributed by atoms with E-state index in [2.05, 4.69) is 19.9 Å². The molecule has 2 unspecified atom stereocenters. The van der Waals surface area contributed by atoms with Crippen molar-refractivity contribution in [2.24, 2.45) is 28.6 Å². The Morgan fingerprint density at radius 1 is 1.27 bits per heavy atom. The number of aliphatic hydroxyl groups is 1. The van der Waals surface area contributed by atoms with Gasteiger partial charge in [-0.1, -0.05) is 37.6 Å². The molecule has 22 heavy (non-hydrogen) atoms. The molecule has 0 aromatic heterocycles. The van der Waals surface area contributed by atoms with E-state index in [1.165, 1.54) is 5.57 Å². The Hall–Kier alpha value is -0.960. The summed E-state index contributed by atoms with van der Waals surface area (Å²) in [4.78, 5) is 0. The molecule has 0 bridgehead atoms. The molecule has 0 spiro atoms. The molecule has 4 aliphatic rings. The van der Waals surface area contributed by atoms with Crippen LogP contribution in [0.15, 0.2) is 23.8 Å². The zero-order valence-corrected chi connectivity index (χ0v) is 13.5. The van der Waals surface area contributed by atoms with Crippen molar-refractivity contribution in [3.63, 3.8) is 0 Å². The molecular formula is C19H26FNO. The van der Waals surface area contributed by atoms with Crippen molar-refractivity contribution < 1.29 is 9.50 Å². The van der Waals surface area contributed by atoms with Crippen molar-refractivity contribution in [1.82, 2.24) is 0 Å². The minimum Gasteiger partial charge on any atom is -0.385 e. The molecular weight excluding hydrogens is 277 g/mol. The number of hydrogen-bond acceptors (Lipinski definition) is 2. The molecule has 0 aliphatic heterocycles. The molecule has 7 atom stereocenters. The van der Waals surface area contributed by atoms with Gasteiger partial charge in [-0.15, -0.1) is 0 Å². The van der Waals surface area contributed by atoms with E-state index in [0.29, 0.717) is 29.9 Å².